The maximum atomic E-state index is 12.7. The van der Waals surface area contributed by atoms with Crippen LogP contribution in [-0.4, -0.2) is 16.8 Å². The van der Waals surface area contributed by atoms with Gasteiger partial charge in [-0.15, -0.1) is 0 Å². The lowest BCUT2D eigenvalue weighted by Crippen LogP contribution is -2.16. The number of hydrogen-bond acceptors (Lipinski definition) is 3. The summed E-state index contributed by atoms with van der Waals surface area (Å²) >= 11 is 0. The first-order chi connectivity index (χ1) is 14.2. The summed E-state index contributed by atoms with van der Waals surface area (Å²) in [5.74, 6) is -0.688. The van der Waals surface area contributed by atoms with E-state index in [1.165, 1.54) is 12.1 Å². The number of fused-ring (bicyclic) bond motifs is 1. The molecule has 5 nitrogen and oxygen atoms in total. The molecule has 0 atom stereocenters. The lowest BCUT2D eigenvalue weighted by molar-refractivity contribution is -0.137. The van der Waals surface area contributed by atoms with Gasteiger partial charge in [-0.3, -0.25) is 9.59 Å². The van der Waals surface area contributed by atoms with Crippen molar-refractivity contribution in [1.29, 1.82) is 0 Å². The van der Waals surface area contributed by atoms with E-state index in [1.54, 1.807) is 25.1 Å². The van der Waals surface area contributed by atoms with Gasteiger partial charge >= 0.3 is 6.18 Å². The van der Waals surface area contributed by atoms with Crippen molar-refractivity contribution < 1.29 is 22.8 Å². The Morgan fingerprint density at radius 3 is 2.50 bits per heavy atom. The van der Waals surface area contributed by atoms with Crippen molar-refractivity contribution in [1.82, 2.24) is 10.3 Å². The Kier molecular flexibility index (Phi) is 4.77. The van der Waals surface area contributed by atoms with Gasteiger partial charge in [0.1, 0.15) is 5.69 Å². The molecule has 30 heavy (non-hydrogen) atoms. The molecule has 0 bridgehead atoms. The highest BCUT2D eigenvalue weighted by molar-refractivity contribution is 6.04. The molecule has 2 amide bonds. The molecular weight excluding hydrogens is 395 g/mol. The van der Waals surface area contributed by atoms with Crippen LogP contribution in [0.1, 0.15) is 37.5 Å². The fourth-order valence-electron chi connectivity index (χ4n) is 3.22. The molecule has 0 aliphatic carbocycles. The number of carbonyl (C=O) groups is 2. The zero-order valence-corrected chi connectivity index (χ0v) is 15.8. The van der Waals surface area contributed by atoms with E-state index in [1.807, 2.05) is 12.1 Å². The van der Waals surface area contributed by atoms with E-state index in [9.17, 15) is 22.8 Å². The van der Waals surface area contributed by atoms with Crippen molar-refractivity contribution in [3.8, 4) is 11.3 Å². The minimum absolute atomic E-state index is 0.150. The number of aromatic nitrogens is 1. The molecule has 2 aromatic carbocycles. The predicted octanol–water partition coefficient (Wildman–Crippen LogP) is 4.57. The van der Waals surface area contributed by atoms with Crippen molar-refractivity contribution in [3.05, 3.63) is 82.5 Å². The van der Waals surface area contributed by atoms with Crippen LogP contribution < -0.4 is 10.6 Å². The van der Waals surface area contributed by atoms with Crippen LogP contribution in [0.2, 0.25) is 0 Å². The first-order valence-electron chi connectivity index (χ1n) is 9.10. The molecule has 0 spiro atoms. The number of rotatable bonds is 3. The monoisotopic (exact) mass is 411 g/mol. The number of nitrogens with one attached hydrogen (secondary N) is 2. The van der Waals surface area contributed by atoms with E-state index < -0.39 is 17.6 Å². The number of amides is 2. The molecule has 152 valence electrons. The van der Waals surface area contributed by atoms with Crippen molar-refractivity contribution in [3.63, 3.8) is 0 Å². The van der Waals surface area contributed by atoms with Crippen LogP contribution >= 0.6 is 0 Å². The van der Waals surface area contributed by atoms with Crippen LogP contribution in [0.4, 0.5) is 18.9 Å². The number of aryl methyl sites for hydroxylation is 1. The highest BCUT2D eigenvalue weighted by atomic mass is 19.4. The largest absolute Gasteiger partial charge is 0.416 e. The van der Waals surface area contributed by atoms with Crippen LogP contribution in [0.15, 0.2) is 54.6 Å². The van der Waals surface area contributed by atoms with Gasteiger partial charge in [-0.25, -0.2) is 4.98 Å². The number of nitrogens with zero attached hydrogens (tertiary/aromatic N) is 1. The van der Waals surface area contributed by atoms with Gasteiger partial charge in [-0.2, -0.15) is 13.2 Å². The first-order valence-corrected chi connectivity index (χ1v) is 9.10. The van der Waals surface area contributed by atoms with Gasteiger partial charge in [-0.1, -0.05) is 18.2 Å². The Morgan fingerprint density at radius 2 is 1.80 bits per heavy atom. The molecule has 4 rings (SSSR count). The Hall–Kier alpha value is -3.68. The number of benzene rings is 2. The molecule has 1 aliphatic rings. The van der Waals surface area contributed by atoms with E-state index >= 15 is 0 Å². The third kappa shape index (κ3) is 3.76. The summed E-state index contributed by atoms with van der Waals surface area (Å²) in [4.78, 5) is 29.0. The lowest BCUT2D eigenvalue weighted by Gasteiger charge is -2.11. The average Bonchev–Trinajstić information content (AvgIpc) is 3.08. The number of alkyl halides is 3. The van der Waals surface area contributed by atoms with E-state index in [4.69, 9.17) is 0 Å². The van der Waals surface area contributed by atoms with Gasteiger partial charge in [0.05, 0.1) is 11.3 Å². The summed E-state index contributed by atoms with van der Waals surface area (Å²) in [6.07, 6.45) is -4.44. The summed E-state index contributed by atoms with van der Waals surface area (Å²) in [7, 11) is 0. The molecule has 0 saturated carbocycles. The molecule has 0 radical (unpaired) electrons. The van der Waals surface area contributed by atoms with E-state index in [0.717, 1.165) is 17.7 Å². The molecule has 0 fully saturated rings. The van der Waals surface area contributed by atoms with Gasteiger partial charge < -0.3 is 10.6 Å². The molecule has 1 aromatic heterocycles. The van der Waals surface area contributed by atoms with Crippen molar-refractivity contribution in [2.24, 2.45) is 0 Å². The fourth-order valence-corrected chi connectivity index (χ4v) is 3.22. The second-order valence-electron chi connectivity index (χ2n) is 6.95. The zero-order valence-electron chi connectivity index (χ0n) is 15.8. The molecule has 1 aliphatic heterocycles. The maximum Gasteiger partial charge on any atom is 0.416 e. The Balaban J connectivity index is 1.60. The van der Waals surface area contributed by atoms with E-state index in [-0.39, 0.29) is 17.3 Å². The highest BCUT2D eigenvalue weighted by Crippen LogP contribution is 2.30. The van der Waals surface area contributed by atoms with Crippen molar-refractivity contribution in [2.45, 2.75) is 19.6 Å². The van der Waals surface area contributed by atoms with Gasteiger partial charge in [0.2, 0.25) is 0 Å². The average molecular weight is 411 g/mol. The quantitative estimate of drug-likeness (QED) is 0.663. The molecule has 2 N–H and O–H groups in total. The maximum absolute atomic E-state index is 12.7. The van der Waals surface area contributed by atoms with Crippen LogP contribution in [0.25, 0.3) is 11.3 Å². The minimum atomic E-state index is -4.44. The number of carbonyl (C=O) groups excluding carboxylic acids is 2. The van der Waals surface area contributed by atoms with Crippen LogP contribution in [0.3, 0.4) is 0 Å². The SMILES string of the molecule is Cc1ccc(-c2ccc3c(c2)C(=O)NC3)nc1C(=O)Nc1ccc(C(F)(F)F)cc1. The second-order valence-corrected chi connectivity index (χ2v) is 6.95. The van der Waals surface area contributed by atoms with Crippen LogP contribution in [0, 0.1) is 6.92 Å². The van der Waals surface area contributed by atoms with Crippen molar-refractivity contribution in [2.75, 3.05) is 5.32 Å². The van der Waals surface area contributed by atoms with Crippen molar-refractivity contribution >= 4 is 17.5 Å². The number of halogens is 3. The van der Waals surface area contributed by atoms with Crippen LogP contribution in [-0.2, 0) is 12.7 Å². The number of pyridine rings is 1. The third-order valence-corrected chi connectivity index (χ3v) is 4.87. The van der Waals surface area contributed by atoms with E-state index in [2.05, 4.69) is 15.6 Å². The smallest absolute Gasteiger partial charge is 0.348 e. The van der Waals surface area contributed by atoms with Gasteiger partial charge in [0.25, 0.3) is 11.8 Å². The summed E-state index contributed by atoms with van der Waals surface area (Å²) in [6.45, 7) is 2.20. The van der Waals surface area contributed by atoms with E-state index in [0.29, 0.717) is 28.9 Å². The minimum Gasteiger partial charge on any atom is -0.348 e. The third-order valence-electron chi connectivity index (χ3n) is 4.87. The standard InChI is InChI=1S/C22H16F3N3O2/c1-12-2-9-18(13-3-4-14-11-26-20(29)17(14)10-13)28-19(12)21(30)27-16-7-5-15(6-8-16)22(23,24)25/h2-10H,11H2,1H3,(H,26,29)(H,27,30). The summed E-state index contributed by atoms with van der Waals surface area (Å²) in [5, 5.41) is 5.32. The molecule has 2 heterocycles. The molecule has 8 heteroatoms. The normalized spacial score (nSPS) is 13.0. The molecular formula is C22H16F3N3O2. The van der Waals surface area contributed by atoms with Gasteiger partial charge in [-0.05, 0) is 54.4 Å². The number of hydrogen-bond donors (Lipinski definition) is 2. The summed E-state index contributed by atoms with van der Waals surface area (Å²) < 4.78 is 38.1. The predicted molar refractivity (Wildman–Crippen MR) is 105 cm³/mol. The lowest BCUT2D eigenvalue weighted by atomic mass is 10.0. The van der Waals surface area contributed by atoms with Crippen LogP contribution in [0.5, 0.6) is 0 Å². The Labute approximate surface area is 170 Å². The highest BCUT2D eigenvalue weighted by Gasteiger charge is 2.30. The first kappa shape index (κ1) is 19.6. The van der Waals surface area contributed by atoms with Gasteiger partial charge in [0.15, 0.2) is 0 Å². The Bertz CT molecular complexity index is 1160. The number of anilines is 1. The summed E-state index contributed by atoms with van der Waals surface area (Å²) in [5.41, 5.74) is 2.88. The molecule has 0 unspecified atom stereocenters. The van der Waals surface area contributed by atoms with Gasteiger partial charge in [0, 0.05) is 23.4 Å². The summed E-state index contributed by atoms with van der Waals surface area (Å²) in [6, 6.07) is 13.1. The topological polar surface area (TPSA) is 71.1 Å². The zero-order chi connectivity index (χ0) is 21.5. The molecule has 0 saturated heterocycles. The molecule has 3 aromatic rings. The Morgan fingerprint density at radius 1 is 1.07 bits per heavy atom. The second kappa shape index (κ2) is 7.29. The fraction of sp³-hybridized carbons (Fsp3) is 0.136.